The van der Waals surface area contributed by atoms with Crippen LogP contribution in [0.25, 0.3) is 10.8 Å². The van der Waals surface area contributed by atoms with Gasteiger partial charge in [0.1, 0.15) is 36.9 Å². The van der Waals surface area contributed by atoms with Crippen molar-refractivity contribution in [1.29, 1.82) is 0 Å². The molecule has 7 heteroatoms. The predicted molar refractivity (Wildman–Crippen MR) is 121 cm³/mol. The van der Waals surface area contributed by atoms with Gasteiger partial charge in [-0.15, -0.1) is 0 Å². The van der Waals surface area contributed by atoms with Gasteiger partial charge in [-0.2, -0.15) is 10.2 Å². The van der Waals surface area contributed by atoms with Gasteiger partial charge in [0.15, 0.2) is 0 Å². The minimum absolute atomic E-state index is 0.0999. The normalized spacial score (nSPS) is 21.1. The van der Waals surface area contributed by atoms with Crippen molar-refractivity contribution in [2.45, 2.75) is 24.6 Å². The number of fused-ring (bicyclic) bond motifs is 1. The Hall–Kier alpha value is -3.42. The molecule has 0 bridgehead atoms. The smallest absolute Gasteiger partial charge is 0.137 e. The standard InChI is InChI=1S/C25H26N4O3/c1-28-25(16-29-18-26-17-27-29,21-8-7-19-5-3-4-6-20(19)13-21)14-24(32-28)15-31-23-11-9-22(30-2)10-12-23/h3-13,17-18,24H,14-16H2,1-2H3. The van der Waals surface area contributed by atoms with Gasteiger partial charge in [-0.1, -0.05) is 36.4 Å². The van der Waals surface area contributed by atoms with Crippen LogP contribution in [0.15, 0.2) is 79.4 Å². The Labute approximate surface area is 187 Å². The number of hydroxylamine groups is 2. The second-order valence-corrected chi connectivity index (χ2v) is 8.10. The Morgan fingerprint density at radius 2 is 1.81 bits per heavy atom. The average molecular weight is 431 g/mol. The van der Waals surface area contributed by atoms with Crippen LogP contribution in [0.1, 0.15) is 12.0 Å². The molecule has 1 fully saturated rings. The van der Waals surface area contributed by atoms with Crippen LogP contribution in [-0.4, -0.2) is 46.7 Å². The van der Waals surface area contributed by atoms with Crippen molar-refractivity contribution in [2.75, 3.05) is 20.8 Å². The van der Waals surface area contributed by atoms with E-state index in [1.165, 1.54) is 16.3 Å². The Bertz CT molecular complexity index is 1180. The lowest BCUT2D eigenvalue weighted by atomic mass is 9.84. The van der Waals surface area contributed by atoms with Crippen molar-refractivity contribution < 1.29 is 14.3 Å². The molecule has 1 saturated heterocycles. The topological polar surface area (TPSA) is 61.6 Å². The quantitative estimate of drug-likeness (QED) is 0.441. The molecule has 4 aromatic rings. The number of hydrogen-bond acceptors (Lipinski definition) is 6. The van der Waals surface area contributed by atoms with E-state index in [0.29, 0.717) is 13.2 Å². The number of methoxy groups -OCH3 is 1. The van der Waals surface area contributed by atoms with E-state index in [1.54, 1.807) is 19.8 Å². The number of aromatic nitrogens is 3. The summed E-state index contributed by atoms with van der Waals surface area (Å²) in [4.78, 5) is 10.4. The molecular weight excluding hydrogens is 404 g/mol. The fraction of sp³-hybridized carbons (Fsp3) is 0.280. The molecule has 0 spiro atoms. The summed E-state index contributed by atoms with van der Waals surface area (Å²) in [7, 11) is 3.64. The highest BCUT2D eigenvalue weighted by Crippen LogP contribution is 2.42. The van der Waals surface area contributed by atoms with E-state index in [-0.39, 0.29) is 6.10 Å². The molecule has 5 rings (SSSR count). The first-order valence-electron chi connectivity index (χ1n) is 10.7. The molecule has 0 N–H and O–H groups in total. The monoisotopic (exact) mass is 430 g/mol. The lowest BCUT2D eigenvalue weighted by Crippen LogP contribution is -2.42. The zero-order valence-electron chi connectivity index (χ0n) is 18.2. The van der Waals surface area contributed by atoms with Crippen molar-refractivity contribution >= 4 is 10.8 Å². The highest BCUT2D eigenvalue weighted by Gasteiger charge is 2.47. The zero-order chi connectivity index (χ0) is 22.0. The van der Waals surface area contributed by atoms with Crippen molar-refractivity contribution in [3.8, 4) is 11.5 Å². The lowest BCUT2D eigenvalue weighted by Gasteiger charge is -2.34. The van der Waals surface area contributed by atoms with E-state index in [4.69, 9.17) is 14.3 Å². The van der Waals surface area contributed by atoms with Gasteiger partial charge in [0, 0.05) is 13.5 Å². The molecule has 2 heterocycles. The lowest BCUT2D eigenvalue weighted by molar-refractivity contribution is -0.180. The summed E-state index contributed by atoms with van der Waals surface area (Å²) in [6.45, 7) is 1.07. The zero-order valence-corrected chi connectivity index (χ0v) is 18.2. The van der Waals surface area contributed by atoms with Crippen LogP contribution in [-0.2, 0) is 16.9 Å². The molecule has 1 aromatic heterocycles. The maximum Gasteiger partial charge on any atom is 0.137 e. The van der Waals surface area contributed by atoms with Crippen LogP contribution in [0.3, 0.4) is 0 Å². The molecule has 2 unspecified atom stereocenters. The third-order valence-electron chi connectivity index (χ3n) is 6.15. The molecule has 7 nitrogen and oxygen atoms in total. The molecule has 3 aromatic carbocycles. The molecule has 32 heavy (non-hydrogen) atoms. The molecule has 164 valence electrons. The third-order valence-corrected chi connectivity index (χ3v) is 6.15. The molecule has 1 aliphatic heterocycles. The first-order valence-corrected chi connectivity index (χ1v) is 10.7. The SMILES string of the molecule is COc1ccc(OCC2CC(Cn3cncn3)(c3ccc4ccccc4c3)N(C)O2)cc1. The number of ether oxygens (including phenoxy) is 2. The van der Waals surface area contributed by atoms with Crippen LogP contribution in [0, 0.1) is 0 Å². The summed E-state index contributed by atoms with van der Waals surface area (Å²) in [6.07, 6.45) is 3.97. The number of benzene rings is 3. The fourth-order valence-electron chi connectivity index (χ4n) is 4.43. The Morgan fingerprint density at radius 3 is 2.56 bits per heavy atom. The van der Waals surface area contributed by atoms with E-state index >= 15 is 0 Å². The first-order chi connectivity index (χ1) is 15.7. The minimum atomic E-state index is -0.397. The molecule has 0 amide bonds. The van der Waals surface area contributed by atoms with Crippen LogP contribution >= 0.6 is 0 Å². The summed E-state index contributed by atoms with van der Waals surface area (Å²) in [6, 6.07) is 22.6. The van der Waals surface area contributed by atoms with Crippen LogP contribution < -0.4 is 9.47 Å². The van der Waals surface area contributed by atoms with E-state index < -0.39 is 5.54 Å². The van der Waals surface area contributed by atoms with Gasteiger partial charge in [0.05, 0.1) is 19.2 Å². The van der Waals surface area contributed by atoms with Crippen LogP contribution in [0.4, 0.5) is 0 Å². The Balaban J connectivity index is 1.41. The summed E-state index contributed by atoms with van der Waals surface area (Å²) in [5.41, 5.74) is 0.784. The molecule has 0 aliphatic carbocycles. The fourth-order valence-corrected chi connectivity index (χ4v) is 4.43. The van der Waals surface area contributed by atoms with Crippen LogP contribution in [0.5, 0.6) is 11.5 Å². The highest BCUT2D eigenvalue weighted by molar-refractivity contribution is 5.83. The summed E-state index contributed by atoms with van der Waals surface area (Å²) >= 11 is 0. The average Bonchev–Trinajstić information content (AvgIpc) is 3.46. The van der Waals surface area contributed by atoms with E-state index in [9.17, 15) is 0 Å². The van der Waals surface area contributed by atoms with Crippen molar-refractivity contribution in [2.24, 2.45) is 0 Å². The van der Waals surface area contributed by atoms with Gasteiger partial charge in [0.25, 0.3) is 0 Å². The van der Waals surface area contributed by atoms with Gasteiger partial charge >= 0.3 is 0 Å². The number of rotatable bonds is 7. The third kappa shape index (κ3) is 3.92. The summed E-state index contributed by atoms with van der Waals surface area (Å²) in [5.74, 6) is 1.59. The van der Waals surface area contributed by atoms with Gasteiger partial charge in [-0.05, 0) is 46.7 Å². The van der Waals surface area contributed by atoms with Gasteiger partial charge in [-0.3, -0.25) is 9.52 Å². The van der Waals surface area contributed by atoms with E-state index in [0.717, 1.165) is 17.9 Å². The van der Waals surface area contributed by atoms with E-state index in [1.807, 2.05) is 41.1 Å². The summed E-state index contributed by atoms with van der Waals surface area (Å²) < 4.78 is 13.1. The van der Waals surface area contributed by atoms with Gasteiger partial charge in [0.2, 0.25) is 0 Å². The Kier molecular flexibility index (Phi) is 5.51. The molecule has 1 aliphatic rings. The largest absolute Gasteiger partial charge is 0.497 e. The number of hydrogen-bond donors (Lipinski definition) is 0. The first kappa shape index (κ1) is 20.5. The van der Waals surface area contributed by atoms with Crippen molar-refractivity contribution in [3.63, 3.8) is 0 Å². The molecule has 0 saturated carbocycles. The van der Waals surface area contributed by atoms with Gasteiger partial charge < -0.3 is 9.47 Å². The summed E-state index contributed by atoms with van der Waals surface area (Å²) in [5, 5.41) is 8.74. The van der Waals surface area contributed by atoms with Crippen LogP contribution in [0.2, 0.25) is 0 Å². The van der Waals surface area contributed by atoms with Gasteiger partial charge in [-0.25, -0.2) is 4.98 Å². The van der Waals surface area contributed by atoms with Crippen molar-refractivity contribution in [3.05, 3.63) is 84.9 Å². The maximum absolute atomic E-state index is 6.28. The minimum Gasteiger partial charge on any atom is -0.497 e. The predicted octanol–water partition coefficient (Wildman–Crippen LogP) is 4.05. The molecule has 2 atom stereocenters. The Morgan fingerprint density at radius 1 is 1.03 bits per heavy atom. The second kappa shape index (κ2) is 8.61. The molecular formula is C25H26N4O3. The van der Waals surface area contributed by atoms with E-state index in [2.05, 4.69) is 52.5 Å². The number of likely N-dealkylation sites (N-methyl/N-ethyl adjacent to an activating group) is 1. The molecule has 0 radical (unpaired) electrons. The highest BCUT2D eigenvalue weighted by atomic mass is 16.7. The van der Waals surface area contributed by atoms with Crippen molar-refractivity contribution in [1.82, 2.24) is 19.8 Å². The maximum atomic E-state index is 6.28. The second-order valence-electron chi connectivity index (χ2n) is 8.10. The number of nitrogens with zero attached hydrogens (tertiary/aromatic N) is 4.